The van der Waals surface area contributed by atoms with E-state index >= 15 is 0 Å². The highest BCUT2D eigenvalue weighted by molar-refractivity contribution is 5.72. The van der Waals surface area contributed by atoms with Crippen LogP contribution in [0, 0.1) is 52.3 Å². The average Bonchev–Trinajstić information content (AvgIpc) is 3.09. The molecule has 0 bridgehead atoms. The third kappa shape index (κ3) is 4.00. The first kappa shape index (κ1) is 25.2. The van der Waals surface area contributed by atoms with Gasteiger partial charge in [0.15, 0.2) is 0 Å². The Morgan fingerprint density at radius 3 is 2.42 bits per heavy atom. The van der Waals surface area contributed by atoms with E-state index in [1.165, 1.54) is 0 Å². The Bertz CT molecular complexity index is 776. The van der Waals surface area contributed by atoms with Crippen molar-refractivity contribution in [3.05, 3.63) is 11.6 Å². The van der Waals surface area contributed by atoms with Gasteiger partial charge >= 0.3 is 5.97 Å². The smallest absolute Gasteiger partial charge is 0.307 e. The minimum absolute atomic E-state index is 0.0908. The maximum Gasteiger partial charge on any atom is 0.307 e. The van der Waals surface area contributed by atoms with Gasteiger partial charge in [-0.25, -0.2) is 0 Å². The summed E-state index contributed by atoms with van der Waals surface area (Å²) in [6.07, 6.45) is 7.43. The molecular weight excluding hydrogens is 416 g/mol. The van der Waals surface area contributed by atoms with Crippen LogP contribution in [0.5, 0.6) is 0 Å². The SMILES string of the molecule is CC(C)[C@@H](O)CC[C@@H](C)[C@H]1CC[C@H]2[C@@H]3[C@H](O)C=C4C[C@@H](O)C[C@H](C(=O)O)[C@]4(C)[C@H]3CC[C@]12C. The lowest BCUT2D eigenvalue weighted by Crippen LogP contribution is -2.58. The first-order chi connectivity index (χ1) is 15.4. The molecular formula is C28H46O5. The normalized spacial score (nSPS) is 46.7. The number of aliphatic carboxylic acids is 1. The van der Waals surface area contributed by atoms with E-state index < -0.39 is 29.5 Å². The monoisotopic (exact) mass is 462 g/mol. The number of hydrogen-bond donors (Lipinski definition) is 4. The number of carboxylic acid groups (broad SMARTS) is 1. The van der Waals surface area contributed by atoms with E-state index in [1.807, 2.05) is 6.08 Å². The molecule has 4 rings (SSSR count). The number of rotatable bonds is 6. The van der Waals surface area contributed by atoms with Gasteiger partial charge in [-0.3, -0.25) is 4.79 Å². The molecule has 11 atom stereocenters. The first-order valence-electron chi connectivity index (χ1n) is 13.4. The predicted molar refractivity (Wildman–Crippen MR) is 128 cm³/mol. The molecule has 0 aromatic carbocycles. The summed E-state index contributed by atoms with van der Waals surface area (Å²) < 4.78 is 0. The van der Waals surface area contributed by atoms with Crippen LogP contribution in [0.3, 0.4) is 0 Å². The third-order valence-corrected chi connectivity index (χ3v) is 11.0. The van der Waals surface area contributed by atoms with Crippen LogP contribution in [0.2, 0.25) is 0 Å². The highest BCUT2D eigenvalue weighted by Gasteiger charge is 2.63. The van der Waals surface area contributed by atoms with E-state index in [0.29, 0.717) is 30.6 Å². The topological polar surface area (TPSA) is 98.0 Å². The molecule has 0 spiro atoms. The first-order valence-corrected chi connectivity index (χ1v) is 13.4. The van der Waals surface area contributed by atoms with Crippen LogP contribution in [-0.2, 0) is 4.79 Å². The predicted octanol–water partition coefficient (Wildman–Crippen LogP) is 4.64. The molecule has 0 amide bonds. The molecule has 3 fully saturated rings. The molecule has 0 radical (unpaired) electrons. The summed E-state index contributed by atoms with van der Waals surface area (Å²) in [5.74, 6) is 0.627. The van der Waals surface area contributed by atoms with Crippen molar-refractivity contribution < 1.29 is 25.2 Å². The fourth-order valence-corrected chi connectivity index (χ4v) is 9.03. The second-order valence-electron chi connectivity index (χ2n) is 12.8. The number of hydrogen-bond acceptors (Lipinski definition) is 4. The zero-order valence-electron chi connectivity index (χ0n) is 21.2. The van der Waals surface area contributed by atoms with E-state index in [0.717, 1.165) is 44.1 Å². The quantitative estimate of drug-likeness (QED) is 0.431. The lowest BCUT2D eigenvalue weighted by Gasteiger charge is -2.60. The summed E-state index contributed by atoms with van der Waals surface area (Å²) in [4.78, 5) is 12.3. The molecule has 0 saturated heterocycles. The standard InChI is InChI=1S/C28H46O5/c1-15(2)23(30)9-6-16(3)19-7-8-20-25-21(10-11-27(19,20)4)28(5)17(13-24(25)31)12-18(29)14-22(28)26(32)33/h13,15-16,18-25,29-31H,6-12,14H2,1-5H3,(H,32,33)/t16-,18-,19-,20+,21+,22-,23+,24-,25+,27-,28+/m1/s1. The molecule has 4 aliphatic rings. The summed E-state index contributed by atoms with van der Waals surface area (Å²) >= 11 is 0. The van der Waals surface area contributed by atoms with Crippen LogP contribution in [0.1, 0.15) is 86.0 Å². The van der Waals surface area contributed by atoms with Crippen LogP contribution in [0.25, 0.3) is 0 Å². The van der Waals surface area contributed by atoms with Gasteiger partial charge in [-0.1, -0.05) is 46.3 Å². The Morgan fingerprint density at radius 1 is 1.09 bits per heavy atom. The van der Waals surface area contributed by atoms with Crippen molar-refractivity contribution in [3.63, 3.8) is 0 Å². The molecule has 4 N–H and O–H groups in total. The molecule has 4 aliphatic carbocycles. The second-order valence-corrected chi connectivity index (χ2v) is 12.8. The minimum atomic E-state index is -0.813. The second kappa shape index (κ2) is 8.95. The minimum Gasteiger partial charge on any atom is -0.481 e. The van der Waals surface area contributed by atoms with Crippen molar-refractivity contribution in [1.29, 1.82) is 0 Å². The fourth-order valence-electron chi connectivity index (χ4n) is 9.03. The van der Waals surface area contributed by atoms with Crippen molar-refractivity contribution in [3.8, 4) is 0 Å². The molecule has 5 nitrogen and oxygen atoms in total. The van der Waals surface area contributed by atoms with Crippen molar-refractivity contribution >= 4 is 5.97 Å². The maximum absolute atomic E-state index is 12.3. The molecule has 0 aromatic rings. The summed E-state index contributed by atoms with van der Waals surface area (Å²) in [6, 6.07) is 0. The summed E-state index contributed by atoms with van der Waals surface area (Å²) in [7, 11) is 0. The van der Waals surface area contributed by atoms with Crippen molar-refractivity contribution in [2.24, 2.45) is 52.3 Å². The van der Waals surface area contributed by atoms with Crippen LogP contribution >= 0.6 is 0 Å². The number of fused-ring (bicyclic) bond motifs is 5. The van der Waals surface area contributed by atoms with Crippen molar-refractivity contribution in [2.75, 3.05) is 0 Å². The largest absolute Gasteiger partial charge is 0.481 e. The Kier molecular flexibility index (Phi) is 6.83. The molecule has 0 heterocycles. The zero-order chi connectivity index (χ0) is 24.3. The summed E-state index contributed by atoms with van der Waals surface area (Å²) in [5, 5.41) is 42.1. The lowest BCUT2D eigenvalue weighted by molar-refractivity contribution is -0.159. The Labute approximate surface area is 199 Å². The maximum atomic E-state index is 12.3. The highest BCUT2D eigenvalue weighted by atomic mass is 16.4. The summed E-state index contributed by atoms with van der Waals surface area (Å²) in [5.41, 5.74) is 0.636. The van der Waals surface area contributed by atoms with Gasteiger partial charge in [-0.2, -0.15) is 0 Å². The third-order valence-electron chi connectivity index (χ3n) is 11.0. The zero-order valence-corrected chi connectivity index (χ0v) is 21.2. The van der Waals surface area contributed by atoms with Crippen LogP contribution in [0.4, 0.5) is 0 Å². The van der Waals surface area contributed by atoms with Gasteiger partial charge in [0.1, 0.15) is 0 Å². The molecule has 5 heteroatoms. The Balaban J connectivity index is 1.60. The van der Waals surface area contributed by atoms with E-state index in [9.17, 15) is 25.2 Å². The molecule has 0 unspecified atom stereocenters. The van der Waals surface area contributed by atoms with E-state index in [4.69, 9.17) is 0 Å². The highest BCUT2D eigenvalue weighted by Crippen LogP contribution is 2.68. The number of carboxylic acids is 1. The number of aliphatic hydroxyl groups excluding tert-OH is 3. The van der Waals surface area contributed by atoms with Gasteiger partial charge in [0.25, 0.3) is 0 Å². The van der Waals surface area contributed by atoms with Gasteiger partial charge in [-0.15, -0.1) is 0 Å². The van der Waals surface area contributed by atoms with Gasteiger partial charge in [-0.05, 0) is 92.3 Å². The molecule has 188 valence electrons. The molecule has 0 aromatic heterocycles. The van der Waals surface area contributed by atoms with Crippen LogP contribution in [-0.4, -0.2) is 44.7 Å². The molecule has 33 heavy (non-hydrogen) atoms. The van der Waals surface area contributed by atoms with E-state index in [-0.39, 0.29) is 29.3 Å². The Morgan fingerprint density at radius 2 is 1.79 bits per heavy atom. The van der Waals surface area contributed by atoms with Gasteiger partial charge in [0, 0.05) is 5.41 Å². The average molecular weight is 463 g/mol. The number of carbonyl (C=O) groups is 1. The van der Waals surface area contributed by atoms with Gasteiger partial charge < -0.3 is 20.4 Å². The van der Waals surface area contributed by atoms with Crippen molar-refractivity contribution in [2.45, 2.75) is 104 Å². The lowest BCUT2D eigenvalue weighted by atomic mass is 9.44. The van der Waals surface area contributed by atoms with Crippen molar-refractivity contribution in [1.82, 2.24) is 0 Å². The Hall–Kier alpha value is -0.910. The van der Waals surface area contributed by atoms with Gasteiger partial charge in [0.05, 0.1) is 24.2 Å². The summed E-state index contributed by atoms with van der Waals surface area (Å²) in [6.45, 7) is 11.0. The number of aliphatic hydroxyl groups is 3. The van der Waals surface area contributed by atoms with Gasteiger partial charge in [0.2, 0.25) is 0 Å². The molecule has 3 saturated carbocycles. The van der Waals surface area contributed by atoms with Crippen LogP contribution < -0.4 is 0 Å². The molecule has 0 aliphatic heterocycles. The fraction of sp³-hybridized carbons (Fsp3) is 0.893. The van der Waals surface area contributed by atoms with Crippen LogP contribution in [0.15, 0.2) is 11.6 Å². The van der Waals surface area contributed by atoms with E-state index in [1.54, 1.807) is 0 Å². The van der Waals surface area contributed by atoms with E-state index in [2.05, 4.69) is 34.6 Å².